The van der Waals surface area contributed by atoms with E-state index >= 15 is 0 Å². The largest absolute Gasteiger partial charge is 0.480 e. The lowest BCUT2D eigenvalue weighted by molar-refractivity contribution is 0.0912. The molecule has 0 aliphatic carbocycles. The van der Waals surface area contributed by atoms with E-state index in [-0.39, 0.29) is 18.0 Å². The third-order valence-corrected chi connectivity index (χ3v) is 2.90. The molecule has 2 rings (SSSR count). The number of pyridine rings is 1. The lowest BCUT2D eigenvalue weighted by Crippen LogP contribution is -2.28. The Labute approximate surface area is 121 Å². The van der Waals surface area contributed by atoms with Gasteiger partial charge in [-0.2, -0.15) is 0 Å². The molecule has 0 saturated heterocycles. The molecule has 0 aliphatic heterocycles. The second-order valence-corrected chi connectivity index (χ2v) is 4.34. The zero-order valence-electron chi connectivity index (χ0n) is 11.4. The fourth-order valence-electron chi connectivity index (χ4n) is 1.84. The molecule has 1 unspecified atom stereocenters. The first kappa shape index (κ1) is 14.9. The van der Waals surface area contributed by atoms with Crippen molar-refractivity contribution >= 4 is 5.91 Å². The molecular formula is C15H15FN2O3. The molecule has 1 aromatic carbocycles. The number of methoxy groups -OCH3 is 1. The predicted octanol–water partition coefficient (Wildman–Crippen LogP) is 1.69. The third kappa shape index (κ3) is 3.76. The van der Waals surface area contributed by atoms with Gasteiger partial charge in [0, 0.05) is 12.7 Å². The van der Waals surface area contributed by atoms with Crippen molar-refractivity contribution in [3.05, 3.63) is 59.5 Å². The number of carbonyl (C=O) groups excluding carboxylic acids is 1. The summed E-state index contributed by atoms with van der Waals surface area (Å²) in [6.45, 7) is -0.0413. The molecule has 2 N–H and O–H groups in total. The van der Waals surface area contributed by atoms with Gasteiger partial charge in [-0.05, 0) is 29.8 Å². The molecule has 0 radical (unpaired) electrons. The maximum absolute atomic E-state index is 13.1. The highest BCUT2D eigenvalue weighted by Gasteiger charge is 2.15. The van der Waals surface area contributed by atoms with E-state index < -0.39 is 17.8 Å². The Hall–Kier alpha value is -2.47. The molecule has 1 heterocycles. The van der Waals surface area contributed by atoms with E-state index in [1.165, 1.54) is 31.5 Å². The minimum absolute atomic E-state index is 0.0413. The number of aliphatic hydroxyl groups is 1. The molecule has 5 nitrogen and oxygen atoms in total. The predicted molar refractivity (Wildman–Crippen MR) is 74.5 cm³/mol. The molecule has 0 saturated carbocycles. The summed E-state index contributed by atoms with van der Waals surface area (Å²) >= 11 is 0. The number of rotatable bonds is 5. The fourth-order valence-corrected chi connectivity index (χ4v) is 1.84. The average Bonchev–Trinajstić information content (AvgIpc) is 2.52. The van der Waals surface area contributed by atoms with Gasteiger partial charge in [0.2, 0.25) is 5.88 Å². The monoisotopic (exact) mass is 290 g/mol. The molecule has 0 aliphatic rings. The van der Waals surface area contributed by atoms with Gasteiger partial charge in [0.1, 0.15) is 11.4 Å². The van der Waals surface area contributed by atoms with Crippen molar-refractivity contribution in [1.29, 1.82) is 0 Å². The van der Waals surface area contributed by atoms with Gasteiger partial charge >= 0.3 is 0 Å². The number of nitrogens with zero attached hydrogens (tertiary/aromatic N) is 1. The Bertz CT molecular complexity index is 634. The molecule has 0 fully saturated rings. The van der Waals surface area contributed by atoms with Crippen molar-refractivity contribution in [2.45, 2.75) is 6.10 Å². The van der Waals surface area contributed by atoms with Crippen LogP contribution in [0.3, 0.4) is 0 Å². The van der Waals surface area contributed by atoms with Gasteiger partial charge in [-0.1, -0.05) is 12.1 Å². The molecule has 2 aromatic rings. The van der Waals surface area contributed by atoms with Crippen molar-refractivity contribution in [3.8, 4) is 5.88 Å². The number of amides is 1. The number of ether oxygens (including phenoxy) is 1. The van der Waals surface area contributed by atoms with Crippen LogP contribution in [0.4, 0.5) is 4.39 Å². The number of hydrogen-bond donors (Lipinski definition) is 2. The van der Waals surface area contributed by atoms with Gasteiger partial charge in [-0.3, -0.25) is 4.79 Å². The van der Waals surface area contributed by atoms with Gasteiger partial charge in [-0.15, -0.1) is 0 Å². The van der Waals surface area contributed by atoms with E-state index in [1.807, 2.05) is 0 Å². The number of nitrogens with one attached hydrogen (secondary N) is 1. The number of aromatic nitrogens is 1. The highest BCUT2D eigenvalue weighted by atomic mass is 19.1. The van der Waals surface area contributed by atoms with Crippen molar-refractivity contribution < 1.29 is 19.0 Å². The molecular weight excluding hydrogens is 275 g/mol. The van der Waals surface area contributed by atoms with Gasteiger partial charge in [0.15, 0.2) is 0 Å². The van der Waals surface area contributed by atoms with Crippen LogP contribution in [0.25, 0.3) is 0 Å². The van der Waals surface area contributed by atoms with Crippen LogP contribution in [0.15, 0.2) is 42.6 Å². The summed E-state index contributed by atoms with van der Waals surface area (Å²) in [5.74, 6) is -0.655. The van der Waals surface area contributed by atoms with Gasteiger partial charge in [-0.25, -0.2) is 9.37 Å². The first-order valence-corrected chi connectivity index (χ1v) is 6.32. The molecule has 1 aromatic heterocycles. The molecule has 0 spiro atoms. The standard InChI is InChI=1S/C15H15FN2O3/c1-21-15-12(6-3-7-17-15)14(20)18-9-13(19)10-4-2-5-11(16)8-10/h2-8,13,19H,9H2,1H3,(H,18,20). The summed E-state index contributed by atoms with van der Waals surface area (Å²) < 4.78 is 18.1. The molecule has 21 heavy (non-hydrogen) atoms. The topological polar surface area (TPSA) is 71.5 Å². The number of carbonyl (C=O) groups is 1. The maximum Gasteiger partial charge on any atom is 0.256 e. The van der Waals surface area contributed by atoms with Crippen LogP contribution >= 0.6 is 0 Å². The summed E-state index contributed by atoms with van der Waals surface area (Å²) in [7, 11) is 1.42. The van der Waals surface area contributed by atoms with Gasteiger partial charge < -0.3 is 15.2 Å². The number of benzene rings is 1. The average molecular weight is 290 g/mol. The summed E-state index contributed by atoms with van der Waals surface area (Å²) in [6, 6.07) is 8.78. The van der Waals surface area contributed by atoms with E-state index in [0.29, 0.717) is 5.56 Å². The highest BCUT2D eigenvalue weighted by molar-refractivity contribution is 5.96. The first-order valence-electron chi connectivity index (χ1n) is 6.32. The minimum atomic E-state index is -0.993. The Morgan fingerprint density at radius 3 is 2.95 bits per heavy atom. The second-order valence-electron chi connectivity index (χ2n) is 4.34. The SMILES string of the molecule is COc1ncccc1C(=O)NCC(O)c1cccc(F)c1. The summed E-state index contributed by atoms with van der Waals surface area (Å²) in [4.78, 5) is 15.9. The molecule has 6 heteroatoms. The lowest BCUT2D eigenvalue weighted by atomic mass is 10.1. The van der Waals surface area contributed by atoms with Gasteiger partial charge in [0.05, 0.1) is 13.2 Å². The lowest BCUT2D eigenvalue weighted by Gasteiger charge is -2.13. The third-order valence-electron chi connectivity index (χ3n) is 2.90. The van der Waals surface area contributed by atoms with Crippen LogP contribution in [0.5, 0.6) is 5.88 Å². The fraction of sp³-hybridized carbons (Fsp3) is 0.200. The van der Waals surface area contributed by atoms with Crippen molar-refractivity contribution in [1.82, 2.24) is 10.3 Å². The first-order chi connectivity index (χ1) is 10.1. The quantitative estimate of drug-likeness (QED) is 0.879. The van der Waals surface area contributed by atoms with E-state index in [0.717, 1.165) is 0 Å². The Balaban J connectivity index is 2.01. The summed E-state index contributed by atoms with van der Waals surface area (Å²) in [5.41, 5.74) is 0.667. The van der Waals surface area contributed by atoms with E-state index in [1.54, 1.807) is 18.2 Å². The van der Waals surface area contributed by atoms with Crippen molar-refractivity contribution in [2.75, 3.05) is 13.7 Å². The van der Waals surface area contributed by atoms with Crippen molar-refractivity contribution in [3.63, 3.8) is 0 Å². The summed E-state index contributed by atoms with van der Waals surface area (Å²) in [5, 5.41) is 12.5. The van der Waals surface area contributed by atoms with Crippen LogP contribution in [0.1, 0.15) is 22.0 Å². The van der Waals surface area contributed by atoms with E-state index in [2.05, 4.69) is 10.3 Å². The highest BCUT2D eigenvalue weighted by Crippen LogP contribution is 2.15. The zero-order valence-corrected chi connectivity index (χ0v) is 11.4. The van der Waals surface area contributed by atoms with Crippen molar-refractivity contribution in [2.24, 2.45) is 0 Å². The van der Waals surface area contributed by atoms with Crippen LogP contribution < -0.4 is 10.1 Å². The minimum Gasteiger partial charge on any atom is -0.480 e. The van der Waals surface area contributed by atoms with Crippen LogP contribution in [-0.4, -0.2) is 29.7 Å². The summed E-state index contributed by atoms with van der Waals surface area (Å²) in [6.07, 6.45) is 0.518. The zero-order chi connectivity index (χ0) is 15.2. The second kappa shape index (κ2) is 6.81. The van der Waals surface area contributed by atoms with Gasteiger partial charge in [0.25, 0.3) is 5.91 Å². The Morgan fingerprint density at radius 2 is 2.24 bits per heavy atom. The Kier molecular flexibility index (Phi) is 4.84. The van der Waals surface area contributed by atoms with E-state index in [4.69, 9.17) is 4.74 Å². The molecule has 1 atom stereocenters. The number of aliphatic hydroxyl groups excluding tert-OH is 1. The smallest absolute Gasteiger partial charge is 0.256 e. The van der Waals surface area contributed by atoms with Crippen LogP contribution in [-0.2, 0) is 0 Å². The molecule has 1 amide bonds. The number of halogens is 1. The molecule has 0 bridgehead atoms. The maximum atomic E-state index is 13.1. The van der Waals surface area contributed by atoms with Crippen LogP contribution in [0.2, 0.25) is 0 Å². The van der Waals surface area contributed by atoms with Crippen LogP contribution in [0, 0.1) is 5.82 Å². The Morgan fingerprint density at radius 1 is 1.43 bits per heavy atom. The van der Waals surface area contributed by atoms with E-state index in [9.17, 15) is 14.3 Å². The number of hydrogen-bond acceptors (Lipinski definition) is 4. The molecule has 110 valence electrons. The normalized spacial score (nSPS) is 11.8.